The predicted octanol–water partition coefficient (Wildman–Crippen LogP) is 6.18. The largest absolute Gasteiger partial charge is 0.507 e. The molecule has 3 heteroatoms. The molecule has 0 aliphatic heterocycles. The van der Waals surface area contributed by atoms with E-state index in [1.807, 2.05) is 51.1 Å². The molecule has 3 aromatic carbocycles. The zero-order valence-corrected chi connectivity index (χ0v) is 16.8. The average Bonchev–Trinajstić information content (AvgIpc) is 2.69. The summed E-state index contributed by atoms with van der Waals surface area (Å²) >= 11 is 0. The quantitative estimate of drug-likeness (QED) is 0.543. The minimum Gasteiger partial charge on any atom is -0.507 e. The Morgan fingerprint density at radius 3 is 2.29 bits per heavy atom. The fraction of sp³-hybridized carbons (Fsp3) is 0.240. The molecule has 0 aliphatic carbocycles. The van der Waals surface area contributed by atoms with Crippen LogP contribution < -0.4 is 4.74 Å². The lowest BCUT2D eigenvalue weighted by molar-refractivity contribution is 0.0855. The molecule has 0 atom stereocenters. The maximum absolute atomic E-state index is 12.5. The van der Waals surface area contributed by atoms with E-state index >= 15 is 0 Å². The molecule has 0 amide bonds. The number of carbonyl (C=O) groups is 1. The van der Waals surface area contributed by atoms with Gasteiger partial charge in [0.1, 0.15) is 18.1 Å². The third kappa shape index (κ3) is 4.25. The van der Waals surface area contributed by atoms with Gasteiger partial charge in [-0.25, -0.2) is 0 Å². The summed E-state index contributed by atoms with van der Waals surface area (Å²) in [5.41, 5.74) is 3.69. The second-order valence-corrected chi connectivity index (χ2v) is 8.02. The first-order chi connectivity index (χ1) is 13.3. The van der Waals surface area contributed by atoms with Gasteiger partial charge in [0.05, 0.1) is 5.56 Å². The molecule has 3 aromatic rings. The zero-order chi connectivity index (χ0) is 20.3. The van der Waals surface area contributed by atoms with Crippen molar-refractivity contribution in [1.82, 2.24) is 0 Å². The monoisotopic (exact) mass is 374 g/mol. The molecule has 0 saturated heterocycles. The van der Waals surface area contributed by atoms with Gasteiger partial charge in [0.2, 0.25) is 0 Å². The van der Waals surface area contributed by atoms with Crippen molar-refractivity contribution in [3.8, 4) is 22.6 Å². The number of hydrogen-bond donors (Lipinski definition) is 1. The number of aromatic hydroxyl groups is 1. The molecule has 0 aliphatic rings. The van der Waals surface area contributed by atoms with Gasteiger partial charge in [-0.2, -0.15) is 0 Å². The summed E-state index contributed by atoms with van der Waals surface area (Å²) in [6.45, 7) is 7.68. The minimum absolute atomic E-state index is 0.00420. The number of ether oxygens (including phenoxy) is 1. The number of phenolic OH excluding ortho intramolecular Hbond substituents is 1. The predicted molar refractivity (Wildman–Crippen MR) is 113 cm³/mol. The molecular formula is C25H26O3. The van der Waals surface area contributed by atoms with E-state index in [1.165, 1.54) is 0 Å². The summed E-state index contributed by atoms with van der Waals surface area (Å²) in [4.78, 5) is 12.5. The Hall–Kier alpha value is -3.07. The summed E-state index contributed by atoms with van der Waals surface area (Å²) in [6.07, 6.45) is 0. The van der Waals surface area contributed by atoms with Gasteiger partial charge < -0.3 is 9.84 Å². The van der Waals surface area contributed by atoms with Crippen LogP contribution in [0, 0.1) is 12.3 Å². The Labute approximate surface area is 166 Å². The molecule has 1 N–H and O–H groups in total. The fourth-order valence-electron chi connectivity index (χ4n) is 3.06. The van der Waals surface area contributed by atoms with Crippen molar-refractivity contribution in [3.63, 3.8) is 0 Å². The SMILES string of the molecule is Cc1c(OCc2cccc(-c3ccccc3)c2)ccc(C(=O)C(C)(C)C)c1O. The molecule has 3 rings (SSSR count). The molecule has 0 radical (unpaired) electrons. The van der Waals surface area contributed by atoms with E-state index in [4.69, 9.17) is 4.74 Å². The van der Waals surface area contributed by atoms with Crippen LogP contribution in [-0.2, 0) is 6.61 Å². The van der Waals surface area contributed by atoms with Gasteiger partial charge in [0, 0.05) is 11.0 Å². The molecule has 0 heterocycles. The number of Topliss-reactive ketones (excluding diaryl/α,β-unsaturated/α-hetero) is 1. The van der Waals surface area contributed by atoms with Crippen molar-refractivity contribution in [2.75, 3.05) is 0 Å². The van der Waals surface area contributed by atoms with Crippen LogP contribution in [-0.4, -0.2) is 10.9 Å². The van der Waals surface area contributed by atoms with Crippen LogP contribution in [0.5, 0.6) is 11.5 Å². The van der Waals surface area contributed by atoms with Gasteiger partial charge in [-0.1, -0.05) is 69.3 Å². The van der Waals surface area contributed by atoms with Crippen LogP contribution >= 0.6 is 0 Å². The first kappa shape index (κ1) is 19.7. The molecular weight excluding hydrogens is 348 g/mol. The van der Waals surface area contributed by atoms with E-state index in [1.54, 1.807) is 19.1 Å². The summed E-state index contributed by atoms with van der Waals surface area (Å²) < 4.78 is 5.94. The Morgan fingerprint density at radius 1 is 0.929 bits per heavy atom. The van der Waals surface area contributed by atoms with Gasteiger partial charge >= 0.3 is 0 Å². The van der Waals surface area contributed by atoms with Crippen molar-refractivity contribution in [3.05, 3.63) is 83.4 Å². The van der Waals surface area contributed by atoms with Crippen LogP contribution in [0.4, 0.5) is 0 Å². The van der Waals surface area contributed by atoms with Crippen molar-refractivity contribution in [2.45, 2.75) is 34.3 Å². The van der Waals surface area contributed by atoms with Crippen LogP contribution in [0.3, 0.4) is 0 Å². The Kier molecular flexibility index (Phi) is 5.55. The standard InChI is InChI=1S/C25H26O3/c1-17-22(14-13-21(23(17)26)24(27)25(2,3)4)28-16-18-9-8-12-20(15-18)19-10-6-5-7-11-19/h5-15,26H,16H2,1-4H3. The third-order valence-corrected chi connectivity index (χ3v) is 4.74. The second kappa shape index (κ2) is 7.89. The van der Waals surface area contributed by atoms with Crippen LogP contribution in [0.25, 0.3) is 11.1 Å². The molecule has 0 saturated carbocycles. The lowest BCUT2D eigenvalue weighted by Gasteiger charge is -2.19. The van der Waals surface area contributed by atoms with E-state index < -0.39 is 5.41 Å². The topological polar surface area (TPSA) is 46.5 Å². The molecule has 0 bridgehead atoms. The van der Waals surface area contributed by atoms with E-state index in [0.717, 1.165) is 16.7 Å². The molecule has 28 heavy (non-hydrogen) atoms. The van der Waals surface area contributed by atoms with Gasteiger partial charge in [-0.3, -0.25) is 4.79 Å². The number of phenols is 1. The highest BCUT2D eigenvalue weighted by Crippen LogP contribution is 2.34. The molecule has 144 valence electrons. The number of benzene rings is 3. The van der Waals surface area contributed by atoms with E-state index in [0.29, 0.717) is 23.5 Å². The summed E-state index contributed by atoms with van der Waals surface area (Å²) in [5.74, 6) is 0.485. The van der Waals surface area contributed by atoms with E-state index in [9.17, 15) is 9.90 Å². The van der Waals surface area contributed by atoms with Gasteiger partial charge in [-0.05, 0) is 41.8 Å². The maximum Gasteiger partial charge on any atom is 0.171 e. The van der Waals surface area contributed by atoms with Gasteiger partial charge in [0.15, 0.2) is 5.78 Å². The molecule has 0 fully saturated rings. The van der Waals surface area contributed by atoms with Crippen molar-refractivity contribution in [1.29, 1.82) is 0 Å². The Morgan fingerprint density at radius 2 is 1.61 bits per heavy atom. The molecule has 3 nitrogen and oxygen atoms in total. The Balaban J connectivity index is 1.79. The molecule has 0 unspecified atom stereocenters. The first-order valence-corrected chi connectivity index (χ1v) is 9.42. The highest BCUT2D eigenvalue weighted by Gasteiger charge is 2.26. The maximum atomic E-state index is 12.5. The average molecular weight is 374 g/mol. The van der Waals surface area contributed by atoms with Gasteiger partial charge in [-0.15, -0.1) is 0 Å². The first-order valence-electron chi connectivity index (χ1n) is 9.42. The Bertz CT molecular complexity index is 982. The van der Waals surface area contributed by atoms with Crippen LogP contribution in [0.1, 0.15) is 42.3 Å². The highest BCUT2D eigenvalue weighted by molar-refractivity contribution is 6.02. The van der Waals surface area contributed by atoms with E-state index in [2.05, 4.69) is 24.3 Å². The van der Waals surface area contributed by atoms with Gasteiger partial charge in [0.25, 0.3) is 0 Å². The zero-order valence-electron chi connectivity index (χ0n) is 16.8. The van der Waals surface area contributed by atoms with E-state index in [-0.39, 0.29) is 11.5 Å². The summed E-state index contributed by atoms with van der Waals surface area (Å²) in [6, 6.07) is 21.8. The number of carbonyl (C=O) groups excluding carboxylic acids is 1. The number of rotatable bonds is 5. The summed E-state index contributed by atoms with van der Waals surface area (Å²) in [7, 11) is 0. The second-order valence-electron chi connectivity index (χ2n) is 8.02. The highest BCUT2D eigenvalue weighted by atomic mass is 16.5. The van der Waals surface area contributed by atoms with Crippen molar-refractivity contribution < 1.29 is 14.6 Å². The summed E-state index contributed by atoms with van der Waals surface area (Å²) in [5, 5.41) is 10.5. The minimum atomic E-state index is -0.551. The fourth-order valence-corrected chi connectivity index (χ4v) is 3.06. The smallest absolute Gasteiger partial charge is 0.171 e. The van der Waals surface area contributed by atoms with Crippen LogP contribution in [0.2, 0.25) is 0 Å². The lowest BCUT2D eigenvalue weighted by Crippen LogP contribution is -2.20. The van der Waals surface area contributed by atoms with Crippen molar-refractivity contribution >= 4 is 5.78 Å². The van der Waals surface area contributed by atoms with Crippen LogP contribution in [0.15, 0.2) is 66.7 Å². The lowest BCUT2D eigenvalue weighted by atomic mass is 9.85. The molecule has 0 aromatic heterocycles. The van der Waals surface area contributed by atoms with Crippen molar-refractivity contribution in [2.24, 2.45) is 5.41 Å². The number of hydrogen-bond acceptors (Lipinski definition) is 3. The normalized spacial score (nSPS) is 11.3. The molecule has 0 spiro atoms. The number of ketones is 1. The third-order valence-electron chi connectivity index (χ3n) is 4.74.